The molecule has 1 N–H and O–H groups in total. The number of sulfone groups is 1. The Morgan fingerprint density at radius 1 is 1.47 bits per heavy atom. The van der Waals surface area contributed by atoms with E-state index < -0.39 is 9.84 Å². The third-order valence-electron chi connectivity index (χ3n) is 3.16. The minimum atomic E-state index is -2.83. The Bertz CT molecular complexity index is 337. The van der Waals surface area contributed by atoms with Crippen LogP contribution in [0.3, 0.4) is 0 Å². The molecule has 0 aliphatic carbocycles. The average molecular weight is 233 g/mol. The van der Waals surface area contributed by atoms with Gasteiger partial charge in [-0.1, -0.05) is 0 Å². The quantitative estimate of drug-likeness (QED) is 0.762. The first-order valence-corrected chi connectivity index (χ1v) is 7.23. The van der Waals surface area contributed by atoms with E-state index in [9.17, 15) is 8.42 Å². The van der Waals surface area contributed by atoms with E-state index in [-0.39, 0.29) is 17.1 Å². The first kappa shape index (κ1) is 11.4. The van der Waals surface area contributed by atoms with Crippen molar-refractivity contribution in [3.8, 4) is 0 Å². The number of hydrogen-bond donors (Lipinski definition) is 1. The van der Waals surface area contributed by atoms with E-state index in [2.05, 4.69) is 5.32 Å². The molecule has 2 aliphatic rings. The summed E-state index contributed by atoms with van der Waals surface area (Å²) in [5.41, 5.74) is -0.160. The van der Waals surface area contributed by atoms with Crippen molar-refractivity contribution in [1.82, 2.24) is 5.32 Å². The minimum Gasteiger partial charge on any atom is -0.356 e. The summed E-state index contributed by atoms with van der Waals surface area (Å²) < 4.78 is 29.0. The summed E-state index contributed by atoms with van der Waals surface area (Å²) in [6.45, 7) is 4.83. The standard InChI is InChI=1S/C10H19NO3S/c1-10(2)7-11-9(14-10)6-8-4-3-5-15(8,12)13/h8-9,11H,3-7H2,1-2H3. The van der Waals surface area contributed by atoms with Crippen LogP contribution in [0, 0.1) is 0 Å². The fraction of sp³-hybridized carbons (Fsp3) is 1.00. The maximum Gasteiger partial charge on any atom is 0.153 e. The summed E-state index contributed by atoms with van der Waals surface area (Å²) in [4.78, 5) is 0. The molecule has 0 radical (unpaired) electrons. The van der Waals surface area contributed by atoms with Gasteiger partial charge in [0.25, 0.3) is 0 Å². The Labute approximate surface area is 91.3 Å². The largest absolute Gasteiger partial charge is 0.356 e. The van der Waals surface area contributed by atoms with Crippen LogP contribution in [0.25, 0.3) is 0 Å². The van der Waals surface area contributed by atoms with E-state index in [1.807, 2.05) is 13.8 Å². The van der Waals surface area contributed by atoms with Crippen LogP contribution in [-0.2, 0) is 14.6 Å². The average Bonchev–Trinajstić information content (AvgIpc) is 2.57. The van der Waals surface area contributed by atoms with Crippen molar-refractivity contribution in [2.24, 2.45) is 0 Å². The topological polar surface area (TPSA) is 55.4 Å². The highest BCUT2D eigenvalue weighted by molar-refractivity contribution is 7.92. The van der Waals surface area contributed by atoms with Crippen LogP contribution in [-0.4, -0.2) is 37.8 Å². The van der Waals surface area contributed by atoms with E-state index in [0.717, 1.165) is 19.4 Å². The summed E-state index contributed by atoms with van der Waals surface area (Å²) in [5, 5.41) is 3.03. The van der Waals surface area contributed by atoms with Gasteiger partial charge in [0.15, 0.2) is 9.84 Å². The third-order valence-corrected chi connectivity index (χ3v) is 5.46. The zero-order valence-corrected chi connectivity index (χ0v) is 10.1. The molecule has 2 rings (SSSR count). The minimum absolute atomic E-state index is 0.0853. The van der Waals surface area contributed by atoms with Crippen molar-refractivity contribution < 1.29 is 13.2 Å². The smallest absolute Gasteiger partial charge is 0.153 e. The van der Waals surface area contributed by atoms with Gasteiger partial charge in [-0.15, -0.1) is 0 Å². The summed E-state index contributed by atoms with van der Waals surface area (Å²) >= 11 is 0. The normalized spacial score (nSPS) is 38.3. The molecule has 2 saturated heterocycles. The third kappa shape index (κ3) is 2.52. The predicted octanol–water partition coefficient (Wildman–Crippen LogP) is 0.678. The number of ether oxygens (including phenoxy) is 1. The van der Waals surface area contributed by atoms with Gasteiger partial charge in [-0.05, 0) is 26.7 Å². The van der Waals surface area contributed by atoms with E-state index in [1.165, 1.54) is 0 Å². The monoisotopic (exact) mass is 233 g/mol. The molecule has 2 unspecified atom stereocenters. The van der Waals surface area contributed by atoms with Crippen molar-refractivity contribution in [3.05, 3.63) is 0 Å². The number of rotatable bonds is 2. The van der Waals surface area contributed by atoms with Gasteiger partial charge in [0.1, 0.15) is 6.23 Å². The Kier molecular flexibility index (Phi) is 2.81. The Balaban J connectivity index is 1.94. The van der Waals surface area contributed by atoms with Crippen LogP contribution in [0.2, 0.25) is 0 Å². The number of nitrogens with one attached hydrogen (secondary N) is 1. The zero-order chi connectivity index (χ0) is 11.1. The fourth-order valence-corrected chi connectivity index (χ4v) is 4.22. The SMILES string of the molecule is CC1(C)CNC(CC2CCCS2(=O)=O)O1. The molecule has 2 heterocycles. The molecule has 4 nitrogen and oxygen atoms in total. The van der Waals surface area contributed by atoms with Gasteiger partial charge < -0.3 is 4.74 Å². The van der Waals surface area contributed by atoms with Crippen LogP contribution in [0.5, 0.6) is 0 Å². The van der Waals surface area contributed by atoms with Gasteiger partial charge in [0.2, 0.25) is 0 Å². The Hall–Kier alpha value is -0.130. The van der Waals surface area contributed by atoms with Gasteiger partial charge in [0.05, 0.1) is 16.6 Å². The fourth-order valence-electron chi connectivity index (χ4n) is 2.32. The van der Waals surface area contributed by atoms with Crippen molar-refractivity contribution in [2.45, 2.75) is 50.2 Å². The van der Waals surface area contributed by atoms with Crippen molar-refractivity contribution in [1.29, 1.82) is 0 Å². The molecule has 5 heteroatoms. The van der Waals surface area contributed by atoms with Gasteiger partial charge in [-0.2, -0.15) is 0 Å². The van der Waals surface area contributed by atoms with Crippen LogP contribution in [0.1, 0.15) is 33.1 Å². The second kappa shape index (κ2) is 3.71. The molecular formula is C10H19NO3S. The molecule has 88 valence electrons. The highest BCUT2D eigenvalue weighted by Gasteiger charge is 2.38. The van der Waals surface area contributed by atoms with Crippen molar-refractivity contribution >= 4 is 9.84 Å². The van der Waals surface area contributed by atoms with Gasteiger partial charge in [0, 0.05) is 13.0 Å². The van der Waals surface area contributed by atoms with Crippen LogP contribution in [0.15, 0.2) is 0 Å². The first-order chi connectivity index (χ1) is 6.89. The van der Waals surface area contributed by atoms with E-state index in [4.69, 9.17) is 4.74 Å². The van der Waals surface area contributed by atoms with Gasteiger partial charge in [-0.25, -0.2) is 8.42 Å². The summed E-state index contributed by atoms with van der Waals surface area (Å²) in [6.07, 6.45) is 2.12. The maximum absolute atomic E-state index is 11.6. The van der Waals surface area contributed by atoms with Crippen LogP contribution in [0.4, 0.5) is 0 Å². The van der Waals surface area contributed by atoms with E-state index in [0.29, 0.717) is 12.2 Å². The summed E-state index contributed by atoms with van der Waals surface area (Å²) in [5.74, 6) is 0.355. The lowest BCUT2D eigenvalue weighted by atomic mass is 10.1. The molecule has 2 fully saturated rings. The maximum atomic E-state index is 11.6. The molecule has 15 heavy (non-hydrogen) atoms. The van der Waals surface area contributed by atoms with Gasteiger partial charge >= 0.3 is 0 Å². The summed E-state index contributed by atoms with van der Waals surface area (Å²) in [7, 11) is -2.83. The lowest BCUT2D eigenvalue weighted by Crippen LogP contribution is -2.30. The molecule has 0 spiro atoms. The highest BCUT2D eigenvalue weighted by Crippen LogP contribution is 2.27. The number of hydrogen-bond acceptors (Lipinski definition) is 4. The molecule has 2 aliphatic heterocycles. The van der Waals surface area contributed by atoms with Crippen molar-refractivity contribution in [2.75, 3.05) is 12.3 Å². The first-order valence-electron chi connectivity index (χ1n) is 5.52. The molecule has 2 atom stereocenters. The van der Waals surface area contributed by atoms with E-state index in [1.54, 1.807) is 0 Å². The molecule has 0 aromatic heterocycles. The lowest BCUT2D eigenvalue weighted by molar-refractivity contribution is -0.0179. The molecular weight excluding hydrogens is 214 g/mol. The molecule has 0 aromatic carbocycles. The highest BCUT2D eigenvalue weighted by atomic mass is 32.2. The zero-order valence-electron chi connectivity index (χ0n) is 9.32. The Morgan fingerprint density at radius 3 is 2.67 bits per heavy atom. The molecule has 0 saturated carbocycles. The second-order valence-electron chi connectivity index (χ2n) is 5.11. The molecule has 0 bridgehead atoms. The van der Waals surface area contributed by atoms with Crippen LogP contribution < -0.4 is 5.32 Å². The molecule has 0 amide bonds. The second-order valence-corrected chi connectivity index (χ2v) is 7.51. The van der Waals surface area contributed by atoms with Crippen LogP contribution >= 0.6 is 0 Å². The van der Waals surface area contributed by atoms with Gasteiger partial charge in [-0.3, -0.25) is 5.32 Å². The van der Waals surface area contributed by atoms with E-state index >= 15 is 0 Å². The van der Waals surface area contributed by atoms with Crippen molar-refractivity contribution in [3.63, 3.8) is 0 Å². The molecule has 0 aromatic rings. The lowest BCUT2D eigenvalue weighted by Gasteiger charge is -2.19. The summed E-state index contributed by atoms with van der Waals surface area (Å²) in [6, 6.07) is 0. The Morgan fingerprint density at radius 2 is 2.20 bits per heavy atom. The predicted molar refractivity (Wildman–Crippen MR) is 58.4 cm³/mol.